The summed E-state index contributed by atoms with van der Waals surface area (Å²) in [5, 5.41) is 72.1. The minimum absolute atomic E-state index is 0.136. The third-order valence-electron chi connectivity index (χ3n) is 12.1. The van der Waals surface area contributed by atoms with E-state index in [1.54, 1.807) is 0 Å². The van der Waals surface area contributed by atoms with Gasteiger partial charge in [-0.25, -0.2) is 0 Å². The molecule has 68 heavy (non-hydrogen) atoms. The molecular formula is C53H90O15. The Bertz CT molecular complexity index is 1420. The number of esters is 2. The van der Waals surface area contributed by atoms with E-state index in [0.717, 1.165) is 70.6 Å². The zero-order valence-corrected chi connectivity index (χ0v) is 41.3. The van der Waals surface area contributed by atoms with Crippen LogP contribution in [0.1, 0.15) is 168 Å². The molecule has 15 nitrogen and oxygen atoms in total. The van der Waals surface area contributed by atoms with Crippen LogP contribution in [0.2, 0.25) is 0 Å². The molecule has 2 fully saturated rings. The van der Waals surface area contributed by atoms with Crippen LogP contribution in [0.25, 0.3) is 0 Å². The average Bonchev–Trinajstić information content (AvgIpc) is 3.33. The highest BCUT2D eigenvalue weighted by Gasteiger charge is 2.47. The summed E-state index contributed by atoms with van der Waals surface area (Å²) in [5.41, 5.74) is 0. The van der Waals surface area contributed by atoms with Crippen LogP contribution in [-0.4, -0.2) is 142 Å². The molecule has 7 N–H and O–H groups in total. The molecule has 2 rings (SSSR count). The quantitative estimate of drug-likeness (QED) is 0.0139. The highest BCUT2D eigenvalue weighted by atomic mass is 16.7. The van der Waals surface area contributed by atoms with Crippen molar-refractivity contribution in [3.8, 4) is 0 Å². The summed E-state index contributed by atoms with van der Waals surface area (Å²) in [5.74, 6) is -0.960. The maximum Gasteiger partial charge on any atom is 0.306 e. The van der Waals surface area contributed by atoms with E-state index in [0.29, 0.717) is 12.8 Å². The molecular weight excluding hydrogens is 877 g/mol. The van der Waals surface area contributed by atoms with Crippen molar-refractivity contribution in [3.63, 3.8) is 0 Å². The highest BCUT2D eigenvalue weighted by molar-refractivity contribution is 5.70. The van der Waals surface area contributed by atoms with Gasteiger partial charge in [0.15, 0.2) is 18.7 Å². The fourth-order valence-electron chi connectivity index (χ4n) is 7.81. The second-order valence-corrected chi connectivity index (χ2v) is 18.1. The van der Waals surface area contributed by atoms with Gasteiger partial charge < -0.3 is 64.2 Å². The Kier molecular flexibility index (Phi) is 36.0. The summed E-state index contributed by atoms with van der Waals surface area (Å²) in [6, 6.07) is 0. The van der Waals surface area contributed by atoms with Crippen LogP contribution in [0.4, 0.5) is 0 Å². The van der Waals surface area contributed by atoms with Gasteiger partial charge in [-0.2, -0.15) is 0 Å². The molecule has 392 valence electrons. The lowest BCUT2D eigenvalue weighted by Gasteiger charge is -2.42. The summed E-state index contributed by atoms with van der Waals surface area (Å²) in [7, 11) is 0. The SMILES string of the molecule is CC/C=C/C=C/C=C/C=C/CCCCCCCC(=O)O[C@@H](COC(=O)CCCCCCCCC/C=C/CCCCCCCC)CO[C@@H]1O[C@H](CO[C@@H]2O[C@H](CO)[C@H](O)C(O)C2O)[C@H](O)C(O)C1O. The van der Waals surface area contributed by atoms with Crippen LogP contribution in [0.15, 0.2) is 60.8 Å². The van der Waals surface area contributed by atoms with Gasteiger partial charge in [-0.15, -0.1) is 0 Å². The summed E-state index contributed by atoms with van der Waals surface area (Å²) in [6.07, 6.45) is 28.2. The van der Waals surface area contributed by atoms with Crippen LogP contribution in [0.5, 0.6) is 0 Å². The number of unbranched alkanes of at least 4 members (excludes halogenated alkanes) is 18. The van der Waals surface area contributed by atoms with Gasteiger partial charge in [0.1, 0.15) is 55.4 Å². The molecule has 0 bridgehead atoms. The Labute approximate surface area is 407 Å². The minimum Gasteiger partial charge on any atom is -0.462 e. The minimum atomic E-state index is -1.77. The third-order valence-corrected chi connectivity index (χ3v) is 12.1. The fourth-order valence-corrected chi connectivity index (χ4v) is 7.81. The molecule has 4 unspecified atom stereocenters. The van der Waals surface area contributed by atoms with Gasteiger partial charge >= 0.3 is 11.9 Å². The largest absolute Gasteiger partial charge is 0.462 e. The van der Waals surface area contributed by atoms with Crippen LogP contribution in [0.3, 0.4) is 0 Å². The fraction of sp³-hybridized carbons (Fsp3) is 0.774. The highest BCUT2D eigenvalue weighted by Crippen LogP contribution is 2.26. The van der Waals surface area contributed by atoms with Crippen LogP contribution in [0, 0.1) is 0 Å². The van der Waals surface area contributed by atoms with Crippen LogP contribution < -0.4 is 0 Å². The molecule has 2 aliphatic rings. The molecule has 0 spiro atoms. The third kappa shape index (κ3) is 27.6. The number of carbonyl (C=O) groups excluding carboxylic acids is 2. The van der Waals surface area contributed by atoms with Gasteiger partial charge in [0.2, 0.25) is 0 Å². The Balaban J connectivity index is 1.82. The van der Waals surface area contributed by atoms with Crippen LogP contribution >= 0.6 is 0 Å². The molecule has 0 aromatic heterocycles. The second kappa shape index (κ2) is 39.9. The van der Waals surface area contributed by atoms with Crippen molar-refractivity contribution in [1.82, 2.24) is 0 Å². The monoisotopic (exact) mass is 967 g/mol. The maximum absolute atomic E-state index is 13.0. The van der Waals surface area contributed by atoms with E-state index in [4.69, 9.17) is 28.4 Å². The predicted octanol–water partition coefficient (Wildman–Crippen LogP) is 7.27. The Morgan fingerprint density at radius 1 is 0.485 bits per heavy atom. The molecule has 0 saturated carbocycles. The van der Waals surface area contributed by atoms with Crippen molar-refractivity contribution in [3.05, 3.63) is 60.8 Å². The number of aliphatic hydroxyl groups excluding tert-OH is 7. The van der Waals surface area contributed by atoms with Gasteiger partial charge in [-0.05, 0) is 57.8 Å². The van der Waals surface area contributed by atoms with Crippen molar-refractivity contribution in [1.29, 1.82) is 0 Å². The number of ether oxygens (including phenoxy) is 6. The van der Waals surface area contributed by atoms with Gasteiger partial charge in [0.05, 0.1) is 19.8 Å². The average molecular weight is 967 g/mol. The zero-order valence-electron chi connectivity index (χ0n) is 41.3. The molecule has 0 aromatic carbocycles. The van der Waals surface area contributed by atoms with E-state index < -0.39 is 99.3 Å². The van der Waals surface area contributed by atoms with Gasteiger partial charge in [0, 0.05) is 12.8 Å². The molecule has 0 aromatic rings. The number of hydrogen-bond acceptors (Lipinski definition) is 15. The van der Waals surface area contributed by atoms with Crippen molar-refractivity contribution < 1.29 is 73.8 Å². The Morgan fingerprint density at radius 2 is 0.941 bits per heavy atom. The number of aliphatic hydroxyl groups is 7. The molecule has 15 heteroatoms. The zero-order chi connectivity index (χ0) is 49.6. The summed E-state index contributed by atoms with van der Waals surface area (Å²) >= 11 is 0. The van der Waals surface area contributed by atoms with Crippen molar-refractivity contribution in [2.75, 3.05) is 26.4 Å². The van der Waals surface area contributed by atoms with E-state index in [1.165, 1.54) is 57.8 Å². The number of carbonyl (C=O) groups is 2. The van der Waals surface area contributed by atoms with E-state index in [-0.39, 0.29) is 19.4 Å². The number of allylic oxidation sites excluding steroid dienone is 10. The van der Waals surface area contributed by atoms with E-state index in [2.05, 4.69) is 38.2 Å². The molecule has 0 amide bonds. The lowest BCUT2D eigenvalue weighted by Crippen LogP contribution is -2.61. The molecule has 2 heterocycles. The molecule has 2 aliphatic heterocycles. The lowest BCUT2D eigenvalue weighted by molar-refractivity contribution is -0.332. The summed E-state index contributed by atoms with van der Waals surface area (Å²) < 4.78 is 33.5. The first-order valence-corrected chi connectivity index (χ1v) is 25.9. The van der Waals surface area contributed by atoms with Gasteiger partial charge in [-0.1, -0.05) is 158 Å². The van der Waals surface area contributed by atoms with Crippen molar-refractivity contribution in [2.24, 2.45) is 0 Å². The number of rotatable bonds is 39. The topological polar surface area (TPSA) is 231 Å². The first-order chi connectivity index (χ1) is 33.0. The number of hydrogen-bond donors (Lipinski definition) is 7. The second-order valence-electron chi connectivity index (χ2n) is 18.1. The van der Waals surface area contributed by atoms with Crippen molar-refractivity contribution in [2.45, 2.75) is 235 Å². The molecule has 0 radical (unpaired) electrons. The first-order valence-electron chi connectivity index (χ1n) is 25.9. The van der Waals surface area contributed by atoms with Gasteiger partial charge in [0.25, 0.3) is 0 Å². The summed E-state index contributed by atoms with van der Waals surface area (Å²) in [6.45, 7) is 2.41. The van der Waals surface area contributed by atoms with E-state index in [1.807, 2.05) is 36.5 Å². The predicted molar refractivity (Wildman–Crippen MR) is 261 cm³/mol. The summed E-state index contributed by atoms with van der Waals surface area (Å²) in [4.78, 5) is 25.8. The molecule has 11 atom stereocenters. The Hall–Kier alpha value is -2.80. The van der Waals surface area contributed by atoms with E-state index >= 15 is 0 Å². The maximum atomic E-state index is 13.0. The lowest BCUT2D eigenvalue weighted by atomic mass is 9.98. The van der Waals surface area contributed by atoms with Gasteiger partial charge in [-0.3, -0.25) is 9.59 Å². The standard InChI is InChI=1S/C53H90O15/c1-3-5-7-9-11-13-15-17-19-20-22-23-25-27-29-31-33-35-44(55)63-38-41(66-45(56)36-34-32-30-28-26-24-21-18-16-14-12-10-8-6-4-2)39-64-52-51(62)49(60)47(58)43(68-52)40-65-53-50(61)48(59)46(57)42(37-54)67-53/h6,8,10,12,14,16-19,21,41-43,46-54,57-62H,3-5,7,9,11,13,15,20,22-40H2,1-2H3/b8-6+,12-10+,16-14+,19-17+,21-18+/t41-,42+,43+,46-,47-,48?,49?,50?,51?,52+,53+/m0/s1. The first kappa shape index (κ1) is 61.3. The normalized spacial score (nSPS) is 26.2. The Morgan fingerprint density at radius 3 is 1.50 bits per heavy atom. The smallest absolute Gasteiger partial charge is 0.306 e. The molecule has 0 aliphatic carbocycles. The van der Waals surface area contributed by atoms with Crippen molar-refractivity contribution >= 4 is 11.9 Å². The van der Waals surface area contributed by atoms with Crippen LogP contribution in [-0.2, 0) is 38.0 Å². The molecule has 2 saturated heterocycles. The van der Waals surface area contributed by atoms with E-state index in [9.17, 15) is 45.3 Å².